The van der Waals surface area contributed by atoms with Gasteiger partial charge in [0.05, 0.1) is 10.7 Å². The number of nitrogens with one attached hydrogen (secondary N) is 1. The number of hydrogen-bond donors (Lipinski definition) is 1. The minimum Gasteiger partial charge on any atom is -0.350 e. The molecule has 1 aromatic carbocycles. The summed E-state index contributed by atoms with van der Waals surface area (Å²) in [6.07, 6.45) is 5.37. The zero-order chi connectivity index (χ0) is 16.8. The highest BCUT2D eigenvalue weighted by Crippen LogP contribution is 2.14. The lowest BCUT2D eigenvalue weighted by atomic mass is 10.0. The van der Waals surface area contributed by atoms with Crippen LogP contribution in [0.5, 0.6) is 0 Å². The summed E-state index contributed by atoms with van der Waals surface area (Å²) in [5, 5.41) is 6.08. The molecular weight excluding hydrogens is 318 g/mol. The topological polar surface area (TPSA) is 45.2 Å². The molecule has 2 heterocycles. The number of carbonyl (C=O) groups excluding carboxylic acids is 1. The fourth-order valence-corrected chi connectivity index (χ4v) is 3.52. The van der Waals surface area contributed by atoms with Gasteiger partial charge < -0.3 is 5.32 Å². The van der Waals surface area contributed by atoms with Gasteiger partial charge in [-0.05, 0) is 31.4 Å². The highest BCUT2D eigenvalue weighted by Gasteiger charge is 2.19. The number of piperidine rings is 1. The van der Waals surface area contributed by atoms with Crippen molar-refractivity contribution >= 4 is 23.3 Å². The van der Waals surface area contributed by atoms with Crippen LogP contribution in [0.1, 0.15) is 29.1 Å². The Kier molecular flexibility index (Phi) is 5.77. The van der Waals surface area contributed by atoms with Crippen LogP contribution in [0.25, 0.3) is 6.08 Å². The quantitative estimate of drug-likeness (QED) is 0.849. The number of nitrogens with zero attached hydrogens (tertiary/aromatic N) is 2. The fraction of sp³-hybridized carbons (Fsp3) is 0.368. The van der Waals surface area contributed by atoms with Crippen LogP contribution in [0.3, 0.4) is 0 Å². The SMILES string of the molecule is Cc1nc(/C=C/C(=O)NC2CCN(Cc3ccccc3)CC2)cs1. The minimum absolute atomic E-state index is 0.0258. The first-order chi connectivity index (χ1) is 11.7. The van der Waals surface area contributed by atoms with Crippen LogP contribution in [0.2, 0.25) is 0 Å². The van der Waals surface area contributed by atoms with Gasteiger partial charge in [0.15, 0.2) is 0 Å². The standard InChI is InChI=1S/C19H23N3OS/c1-15-20-18(14-24-15)7-8-19(23)21-17-9-11-22(12-10-17)13-16-5-3-2-4-6-16/h2-8,14,17H,9-13H2,1H3,(H,21,23)/b8-7+. The van der Waals surface area contributed by atoms with Crippen molar-refractivity contribution in [2.24, 2.45) is 0 Å². The maximum absolute atomic E-state index is 12.0. The Balaban J connectivity index is 1.42. The van der Waals surface area contributed by atoms with Gasteiger partial charge in [0.25, 0.3) is 0 Å². The van der Waals surface area contributed by atoms with Gasteiger partial charge in [-0.3, -0.25) is 9.69 Å². The first-order valence-electron chi connectivity index (χ1n) is 8.36. The molecule has 2 aromatic rings. The van der Waals surface area contributed by atoms with Crippen LogP contribution >= 0.6 is 11.3 Å². The zero-order valence-electron chi connectivity index (χ0n) is 13.9. The van der Waals surface area contributed by atoms with Crippen molar-refractivity contribution in [3.63, 3.8) is 0 Å². The molecule has 1 N–H and O–H groups in total. The molecule has 0 saturated carbocycles. The molecule has 0 bridgehead atoms. The lowest BCUT2D eigenvalue weighted by Crippen LogP contribution is -2.43. The van der Waals surface area contributed by atoms with Crippen LogP contribution in [-0.4, -0.2) is 34.9 Å². The third kappa shape index (κ3) is 5.01. The van der Waals surface area contributed by atoms with Crippen molar-refractivity contribution in [1.29, 1.82) is 0 Å². The van der Waals surface area contributed by atoms with Crippen LogP contribution in [0.15, 0.2) is 41.8 Å². The molecule has 0 spiro atoms. The first-order valence-corrected chi connectivity index (χ1v) is 9.24. The summed E-state index contributed by atoms with van der Waals surface area (Å²) >= 11 is 1.59. The van der Waals surface area contributed by atoms with Gasteiger partial charge in [-0.1, -0.05) is 30.3 Å². The molecule has 1 aliphatic rings. The van der Waals surface area contributed by atoms with Crippen molar-refractivity contribution in [3.05, 3.63) is 58.1 Å². The Morgan fingerprint density at radius 1 is 1.33 bits per heavy atom. The lowest BCUT2D eigenvalue weighted by Gasteiger charge is -2.32. The molecule has 0 unspecified atom stereocenters. The fourth-order valence-electron chi connectivity index (χ4n) is 2.94. The van der Waals surface area contributed by atoms with Gasteiger partial charge in [0.1, 0.15) is 0 Å². The number of amides is 1. The number of carbonyl (C=O) groups is 1. The van der Waals surface area contributed by atoms with Gasteiger partial charge in [0.2, 0.25) is 5.91 Å². The highest BCUT2D eigenvalue weighted by atomic mass is 32.1. The highest BCUT2D eigenvalue weighted by molar-refractivity contribution is 7.09. The lowest BCUT2D eigenvalue weighted by molar-refractivity contribution is -0.117. The Labute approximate surface area is 147 Å². The Bertz CT molecular complexity index is 688. The summed E-state index contributed by atoms with van der Waals surface area (Å²) in [6, 6.07) is 10.8. The van der Waals surface area contributed by atoms with Gasteiger partial charge in [-0.15, -0.1) is 11.3 Å². The second-order valence-corrected chi connectivity index (χ2v) is 7.23. The van der Waals surface area contributed by atoms with Crippen LogP contribution in [0, 0.1) is 6.92 Å². The van der Waals surface area contributed by atoms with Crippen LogP contribution in [0.4, 0.5) is 0 Å². The van der Waals surface area contributed by atoms with E-state index < -0.39 is 0 Å². The molecule has 1 aromatic heterocycles. The van der Waals surface area contributed by atoms with Crippen molar-refractivity contribution in [3.8, 4) is 0 Å². The number of rotatable bonds is 5. The van der Waals surface area contributed by atoms with Gasteiger partial charge in [0, 0.05) is 37.1 Å². The second-order valence-electron chi connectivity index (χ2n) is 6.17. The van der Waals surface area contributed by atoms with E-state index >= 15 is 0 Å². The number of likely N-dealkylation sites (tertiary alicyclic amines) is 1. The Hall–Kier alpha value is -1.98. The third-order valence-corrected chi connectivity index (χ3v) is 5.02. The predicted molar refractivity (Wildman–Crippen MR) is 98.8 cm³/mol. The van der Waals surface area contributed by atoms with E-state index in [1.807, 2.05) is 18.4 Å². The molecule has 126 valence electrons. The van der Waals surface area contributed by atoms with Gasteiger partial charge >= 0.3 is 0 Å². The molecule has 0 aliphatic carbocycles. The van der Waals surface area contributed by atoms with Gasteiger partial charge in [-0.2, -0.15) is 0 Å². The predicted octanol–water partition coefficient (Wildman–Crippen LogP) is 3.25. The van der Waals surface area contributed by atoms with Gasteiger partial charge in [-0.25, -0.2) is 4.98 Å². The van der Waals surface area contributed by atoms with Crippen molar-refractivity contribution in [2.75, 3.05) is 13.1 Å². The molecule has 0 radical (unpaired) electrons. The second kappa shape index (κ2) is 8.22. The monoisotopic (exact) mass is 341 g/mol. The maximum atomic E-state index is 12.0. The molecule has 4 nitrogen and oxygen atoms in total. The summed E-state index contributed by atoms with van der Waals surface area (Å²) in [6.45, 7) is 5.00. The number of aromatic nitrogens is 1. The van der Waals surface area contributed by atoms with E-state index in [1.54, 1.807) is 23.5 Å². The Morgan fingerprint density at radius 2 is 2.08 bits per heavy atom. The molecule has 1 saturated heterocycles. The molecule has 24 heavy (non-hydrogen) atoms. The van der Waals surface area contributed by atoms with E-state index in [0.29, 0.717) is 0 Å². The largest absolute Gasteiger partial charge is 0.350 e. The van der Waals surface area contributed by atoms with Crippen molar-refractivity contribution < 1.29 is 4.79 Å². The summed E-state index contributed by atoms with van der Waals surface area (Å²) in [4.78, 5) is 18.8. The summed E-state index contributed by atoms with van der Waals surface area (Å²) in [5.74, 6) is -0.0258. The first kappa shape index (κ1) is 16.9. The van der Waals surface area contributed by atoms with Crippen LogP contribution < -0.4 is 5.32 Å². The third-order valence-electron chi connectivity index (χ3n) is 4.23. The van der Waals surface area contributed by atoms with Crippen molar-refractivity contribution in [2.45, 2.75) is 32.4 Å². The number of benzene rings is 1. The summed E-state index contributed by atoms with van der Waals surface area (Å²) in [5.41, 5.74) is 2.20. The number of aryl methyl sites for hydroxylation is 1. The normalized spacial score (nSPS) is 16.5. The number of hydrogen-bond acceptors (Lipinski definition) is 4. The molecular formula is C19H23N3OS. The van der Waals surface area contributed by atoms with E-state index in [2.05, 4.69) is 39.5 Å². The number of thiazole rings is 1. The average Bonchev–Trinajstić information content (AvgIpc) is 3.01. The van der Waals surface area contributed by atoms with E-state index in [0.717, 1.165) is 43.2 Å². The van der Waals surface area contributed by atoms with E-state index in [-0.39, 0.29) is 11.9 Å². The van der Waals surface area contributed by atoms with E-state index in [4.69, 9.17) is 0 Å². The van der Waals surface area contributed by atoms with E-state index in [1.165, 1.54) is 5.56 Å². The Morgan fingerprint density at radius 3 is 2.75 bits per heavy atom. The summed E-state index contributed by atoms with van der Waals surface area (Å²) in [7, 11) is 0. The minimum atomic E-state index is -0.0258. The smallest absolute Gasteiger partial charge is 0.244 e. The molecule has 5 heteroatoms. The molecule has 3 rings (SSSR count). The zero-order valence-corrected chi connectivity index (χ0v) is 14.8. The molecule has 1 aliphatic heterocycles. The molecule has 1 amide bonds. The maximum Gasteiger partial charge on any atom is 0.244 e. The van der Waals surface area contributed by atoms with Crippen LogP contribution in [-0.2, 0) is 11.3 Å². The molecule has 1 fully saturated rings. The average molecular weight is 341 g/mol. The van der Waals surface area contributed by atoms with Crippen molar-refractivity contribution in [1.82, 2.24) is 15.2 Å². The molecule has 0 atom stereocenters. The summed E-state index contributed by atoms with van der Waals surface area (Å²) < 4.78 is 0. The van der Waals surface area contributed by atoms with E-state index in [9.17, 15) is 4.79 Å².